The number of carbonyl (C=O) groups excluding carboxylic acids is 1. The molecule has 1 amide bonds. The second-order valence-corrected chi connectivity index (χ2v) is 8.98. The minimum absolute atomic E-state index is 0.0929. The number of H-pyrrole nitrogens is 1. The van der Waals surface area contributed by atoms with Crippen molar-refractivity contribution in [3.05, 3.63) is 95.6 Å². The van der Waals surface area contributed by atoms with Gasteiger partial charge in [-0.05, 0) is 23.3 Å². The van der Waals surface area contributed by atoms with Gasteiger partial charge in [-0.2, -0.15) is 0 Å². The van der Waals surface area contributed by atoms with Crippen molar-refractivity contribution in [1.82, 2.24) is 14.9 Å². The molecule has 32 heavy (non-hydrogen) atoms. The zero-order valence-corrected chi connectivity index (χ0v) is 18.7. The maximum absolute atomic E-state index is 12.8. The standard InChI is InChI=1S/C25H19N3O2S2/c29-24-23(32-25(31)28(24)13-12-20-15-26-16-27-20)14-21-10-11-22(30-21)19-8-6-18(7-9-19)17-4-2-1-3-5-17/h1-11,14-16H,12-13H2,(H,26,27)/b23-14-. The van der Waals surface area contributed by atoms with E-state index in [1.165, 1.54) is 17.3 Å². The Hall–Kier alpha value is -3.42. The van der Waals surface area contributed by atoms with E-state index >= 15 is 0 Å². The van der Waals surface area contributed by atoms with E-state index < -0.39 is 0 Å². The maximum Gasteiger partial charge on any atom is 0.266 e. The van der Waals surface area contributed by atoms with Gasteiger partial charge in [0, 0.05) is 36.5 Å². The summed E-state index contributed by atoms with van der Waals surface area (Å²) in [4.78, 5) is 22.1. The summed E-state index contributed by atoms with van der Waals surface area (Å²) in [5.74, 6) is 1.29. The van der Waals surface area contributed by atoms with E-state index in [1.54, 1.807) is 23.5 Å². The van der Waals surface area contributed by atoms with Gasteiger partial charge in [0.1, 0.15) is 15.8 Å². The number of aromatic nitrogens is 2. The van der Waals surface area contributed by atoms with E-state index in [-0.39, 0.29) is 5.91 Å². The highest BCUT2D eigenvalue weighted by Gasteiger charge is 2.32. The Kier molecular flexibility index (Phi) is 5.75. The van der Waals surface area contributed by atoms with Gasteiger partial charge < -0.3 is 9.40 Å². The van der Waals surface area contributed by atoms with Crippen LogP contribution in [0, 0.1) is 0 Å². The molecule has 0 bridgehead atoms. The Labute approximate surface area is 195 Å². The Bertz CT molecular complexity index is 1280. The highest BCUT2D eigenvalue weighted by Crippen LogP contribution is 2.34. The number of aromatic amines is 1. The molecule has 158 valence electrons. The number of thioether (sulfide) groups is 1. The molecule has 0 atom stereocenters. The number of carbonyl (C=O) groups is 1. The van der Waals surface area contributed by atoms with Gasteiger partial charge in [-0.25, -0.2) is 4.98 Å². The van der Waals surface area contributed by atoms with E-state index in [4.69, 9.17) is 16.6 Å². The number of hydrogen-bond acceptors (Lipinski definition) is 5. The number of rotatable bonds is 6. The molecule has 4 aromatic rings. The van der Waals surface area contributed by atoms with Crippen LogP contribution in [0.4, 0.5) is 0 Å². The average molecular weight is 458 g/mol. The molecule has 1 aliphatic heterocycles. The largest absolute Gasteiger partial charge is 0.457 e. The summed E-state index contributed by atoms with van der Waals surface area (Å²) >= 11 is 6.71. The summed E-state index contributed by atoms with van der Waals surface area (Å²) in [6.45, 7) is 0.515. The lowest BCUT2D eigenvalue weighted by Gasteiger charge is -2.13. The van der Waals surface area contributed by atoms with Gasteiger partial charge in [0.15, 0.2) is 0 Å². The molecule has 0 radical (unpaired) electrons. The number of thiocarbonyl (C=S) groups is 1. The van der Waals surface area contributed by atoms with Crippen LogP contribution in [-0.2, 0) is 11.2 Å². The van der Waals surface area contributed by atoms with Crippen LogP contribution in [0.5, 0.6) is 0 Å². The summed E-state index contributed by atoms with van der Waals surface area (Å²) in [6, 6.07) is 22.3. The first-order valence-electron chi connectivity index (χ1n) is 10.2. The van der Waals surface area contributed by atoms with Crippen LogP contribution in [0.2, 0.25) is 0 Å². The third-order valence-corrected chi connectivity index (χ3v) is 6.59. The van der Waals surface area contributed by atoms with Crippen molar-refractivity contribution in [2.24, 2.45) is 0 Å². The molecule has 5 nitrogen and oxygen atoms in total. The molecule has 7 heteroatoms. The summed E-state index contributed by atoms with van der Waals surface area (Å²) in [6.07, 6.45) is 5.81. The fourth-order valence-electron chi connectivity index (χ4n) is 3.52. The second kappa shape index (κ2) is 8.98. The summed E-state index contributed by atoms with van der Waals surface area (Å²) in [5, 5.41) is 0. The minimum Gasteiger partial charge on any atom is -0.457 e. The van der Waals surface area contributed by atoms with Gasteiger partial charge in [0.25, 0.3) is 5.91 Å². The molecule has 0 unspecified atom stereocenters. The van der Waals surface area contributed by atoms with Crippen molar-refractivity contribution in [2.45, 2.75) is 6.42 Å². The molecule has 0 saturated carbocycles. The van der Waals surface area contributed by atoms with Crippen molar-refractivity contribution < 1.29 is 9.21 Å². The fourth-order valence-corrected chi connectivity index (χ4v) is 4.81. The highest BCUT2D eigenvalue weighted by molar-refractivity contribution is 8.26. The summed E-state index contributed by atoms with van der Waals surface area (Å²) in [5.41, 5.74) is 4.28. The van der Waals surface area contributed by atoms with Crippen LogP contribution in [-0.4, -0.2) is 31.6 Å². The molecule has 1 aliphatic rings. The monoisotopic (exact) mass is 457 g/mol. The highest BCUT2D eigenvalue weighted by atomic mass is 32.2. The fraction of sp³-hybridized carbons (Fsp3) is 0.0800. The SMILES string of the molecule is O=C1/C(=C/c2ccc(-c3ccc(-c4ccccc4)cc3)o2)SC(=S)N1CCc1cnc[nH]1. The topological polar surface area (TPSA) is 62.1 Å². The van der Waals surface area contributed by atoms with Crippen LogP contribution in [0.1, 0.15) is 11.5 Å². The van der Waals surface area contributed by atoms with E-state index in [1.807, 2.05) is 42.5 Å². The predicted octanol–water partition coefficient (Wildman–Crippen LogP) is 5.78. The Morgan fingerprint density at radius 1 is 1.00 bits per heavy atom. The summed E-state index contributed by atoms with van der Waals surface area (Å²) < 4.78 is 6.56. The zero-order valence-electron chi connectivity index (χ0n) is 17.0. The number of imidazole rings is 1. The number of hydrogen-bond donors (Lipinski definition) is 1. The van der Waals surface area contributed by atoms with Crippen molar-refractivity contribution in [3.8, 4) is 22.5 Å². The lowest BCUT2D eigenvalue weighted by molar-refractivity contribution is -0.122. The molecule has 5 rings (SSSR count). The second-order valence-electron chi connectivity index (χ2n) is 7.31. The van der Waals surface area contributed by atoms with Crippen LogP contribution < -0.4 is 0 Å². The van der Waals surface area contributed by atoms with Crippen molar-refractivity contribution in [3.63, 3.8) is 0 Å². The Morgan fingerprint density at radius 2 is 1.75 bits per heavy atom. The van der Waals surface area contributed by atoms with Crippen molar-refractivity contribution >= 4 is 40.3 Å². The third kappa shape index (κ3) is 4.30. The minimum atomic E-state index is -0.0929. The average Bonchev–Trinajstić information content (AvgIpc) is 3.56. The van der Waals surface area contributed by atoms with Crippen molar-refractivity contribution in [2.75, 3.05) is 6.54 Å². The van der Waals surface area contributed by atoms with Crippen LogP contribution >= 0.6 is 24.0 Å². The number of benzene rings is 2. The van der Waals surface area contributed by atoms with Gasteiger partial charge in [0.05, 0.1) is 11.2 Å². The van der Waals surface area contributed by atoms with Gasteiger partial charge in [-0.1, -0.05) is 78.6 Å². The number of amides is 1. The molecular formula is C25H19N3O2S2. The molecule has 1 saturated heterocycles. The number of nitrogens with zero attached hydrogens (tertiary/aromatic N) is 2. The quantitative estimate of drug-likeness (QED) is 0.294. The van der Waals surface area contributed by atoms with Crippen LogP contribution in [0.3, 0.4) is 0 Å². The van der Waals surface area contributed by atoms with Gasteiger partial charge in [0.2, 0.25) is 0 Å². The van der Waals surface area contributed by atoms with Gasteiger partial charge >= 0.3 is 0 Å². The lowest BCUT2D eigenvalue weighted by Crippen LogP contribution is -2.30. The van der Waals surface area contributed by atoms with Crippen LogP contribution in [0.25, 0.3) is 28.5 Å². The molecule has 0 aliphatic carbocycles. The van der Waals surface area contributed by atoms with Gasteiger partial charge in [-0.15, -0.1) is 0 Å². The molecule has 0 spiro atoms. The molecular weight excluding hydrogens is 438 g/mol. The maximum atomic E-state index is 12.8. The number of nitrogens with one attached hydrogen (secondary N) is 1. The molecule has 1 N–H and O–H groups in total. The Morgan fingerprint density at radius 3 is 2.50 bits per heavy atom. The normalized spacial score (nSPS) is 15.1. The van der Waals surface area contributed by atoms with E-state index in [0.717, 1.165) is 22.6 Å². The van der Waals surface area contributed by atoms with Crippen LogP contribution in [0.15, 0.2) is 88.6 Å². The molecule has 2 aromatic heterocycles. The first-order chi connectivity index (χ1) is 15.7. The molecule has 1 fully saturated rings. The molecule has 3 heterocycles. The first kappa shape index (κ1) is 20.5. The Balaban J connectivity index is 1.29. The predicted molar refractivity (Wildman–Crippen MR) is 132 cm³/mol. The molecule has 2 aromatic carbocycles. The van der Waals surface area contributed by atoms with E-state index in [2.05, 4.69) is 34.2 Å². The van der Waals surface area contributed by atoms with Crippen molar-refractivity contribution in [1.29, 1.82) is 0 Å². The summed E-state index contributed by atoms with van der Waals surface area (Å²) in [7, 11) is 0. The zero-order chi connectivity index (χ0) is 21.9. The van der Waals surface area contributed by atoms with E-state index in [0.29, 0.717) is 28.0 Å². The number of furan rings is 1. The third-order valence-electron chi connectivity index (χ3n) is 5.21. The van der Waals surface area contributed by atoms with Gasteiger partial charge in [-0.3, -0.25) is 9.69 Å². The smallest absolute Gasteiger partial charge is 0.266 e. The lowest BCUT2D eigenvalue weighted by atomic mass is 10.0. The first-order valence-corrected chi connectivity index (χ1v) is 11.4. The van der Waals surface area contributed by atoms with E-state index in [9.17, 15) is 4.79 Å².